The average molecular weight is 322 g/mol. The van der Waals surface area contributed by atoms with E-state index in [-0.39, 0.29) is 23.2 Å². The largest absolute Gasteiger partial charge is 0.393 e. The Balaban J connectivity index is 2.70. The molecule has 1 heterocycles. The van der Waals surface area contributed by atoms with Crippen LogP contribution in [0.15, 0.2) is 11.6 Å². The summed E-state index contributed by atoms with van der Waals surface area (Å²) in [6.45, 7) is 18.2. The Bertz CT molecular complexity index is 490. The van der Waals surface area contributed by atoms with Gasteiger partial charge >= 0.3 is 11.9 Å². The van der Waals surface area contributed by atoms with Crippen molar-refractivity contribution < 1.29 is 14.3 Å². The minimum Gasteiger partial charge on any atom is -0.393 e. The lowest BCUT2D eigenvalue weighted by molar-refractivity contribution is -0.152. The number of cyclic esters (lactones) is 2. The molecule has 0 bridgehead atoms. The highest BCUT2D eigenvalue weighted by Crippen LogP contribution is 2.44. The summed E-state index contributed by atoms with van der Waals surface area (Å²) in [5, 5.41) is 0. The molecule has 0 saturated carbocycles. The number of ether oxygens (including phenoxy) is 1. The third-order valence-electron chi connectivity index (χ3n) is 4.11. The first-order chi connectivity index (χ1) is 10.2. The smallest absolute Gasteiger partial charge is 0.321 e. The zero-order valence-electron chi connectivity index (χ0n) is 16.2. The minimum absolute atomic E-state index is 0.155. The topological polar surface area (TPSA) is 43.4 Å². The second-order valence-electron chi connectivity index (χ2n) is 10.0. The van der Waals surface area contributed by atoms with E-state index in [9.17, 15) is 9.59 Å². The van der Waals surface area contributed by atoms with Gasteiger partial charge in [-0.1, -0.05) is 60.1 Å². The molecule has 0 aromatic heterocycles. The average Bonchev–Trinajstić information content (AvgIpc) is 2.49. The summed E-state index contributed by atoms with van der Waals surface area (Å²) >= 11 is 0. The molecular formula is C20H34O3. The Labute approximate surface area is 141 Å². The van der Waals surface area contributed by atoms with Crippen molar-refractivity contribution in [3.8, 4) is 0 Å². The highest BCUT2D eigenvalue weighted by molar-refractivity contribution is 5.95. The summed E-state index contributed by atoms with van der Waals surface area (Å²) in [6, 6.07) is 0. The quantitative estimate of drug-likeness (QED) is 0.379. The van der Waals surface area contributed by atoms with E-state index < -0.39 is 11.9 Å². The fraction of sp³-hybridized carbons (Fsp3) is 0.800. The van der Waals surface area contributed by atoms with Crippen molar-refractivity contribution in [2.45, 2.75) is 81.1 Å². The van der Waals surface area contributed by atoms with E-state index in [4.69, 9.17) is 0 Å². The van der Waals surface area contributed by atoms with E-state index in [1.165, 1.54) is 12.0 Å². The molecule has 23 heavy (non-hydrogen) atoms. The van der Waals surface area contributed by atoms with Gasteiger partial charge in [-0.3, -0.25) is 9.59 Å². The van der Waals surface area contributed by atoms with Gasteiger partial charge in [-0.25, -0.2) is 0 Å². The molecule has 0 radical (unpaired) electrons. The Morgan fingerprint density at radius 2 is 1.61 bits per heavy atom. The molecule has 1 fully saturated rings. The van der Waals surface area contributed by atoms with Gasteiger partial charge in [0.15, 0.2) is 0 Å². The molecule has 132 valence electrons. The van der Waals surface area contributed by atoms with Crippen molar-refractivity contribution in [1.29, 1.82) is 0 Å². The van der Waals surface area contributed by atoms with Crippen LogP contribution < -0.4 is 0 Å². The summed E-state index contributed by atoms with van der Waals surface area (Å²) < 4.78 is 4.62. The highest BCUT2D eigenvalue weighted by Gasteiger charge is 2.34. The fourth-order valence-electron chi connectivity index (χ4n) is 4.63. The molecule has 1 unspecified atom stereocenters. The molecule has 1 rings (SSSR count). The van der Waals surface area contributed by atoms with E-state index in [0.717, 1.165) is 12.8 Å². The molecule has 3 heteroatoms. The summed E-state index contributed by atoms with van der Waals surface area (Å²) in [7, 11) is 0. The van der Waals surface area contributed by atoms with E-state index >= 15 is 0 Å². The van der Waals surface area contributed by atoms with Crippen LogP contribution in [0.1, 0.15) is 81.1 Å². The SMILES string of the molecule is C/C(=C\C1CC(=O)OC1=O)CC(C)(C)CC(C)(C)CC(C)(C)C. The Morgan fingerprint density at radius 3 is 2.04 bits per heavy atom. The molecule has 1 aliphatic rings. The summed E-state index contributed by atoms with van der Waals surface area (Å²) in [5.74, 6) is -1.20. The van der Waals surface area contributed by atoms with E-state index in [2.05, 4.69) is 60.1 Å². The van der Waals surface area contributed by atoms with E-state index in [1.54, 1.807) is 0 Å². The minimum atomic E-state index is -0.408. The van der Waals surface area contributed by atoms with Crippen LogP contribution in [0.25, 0.3) is 0 Å². The zero-order valence-corrected chi connectivity index (χ0v) is 16.2. The van der Waals surface area contributed by atoms with Gasteiger partial charge in [-0.15, -0.1) is 0 Å². The zero-order chi connectivity index (χ0) is 18.1. The van der Waals surface area contributed by atoms with E-state index in [0.29, 0.717) is 5.41 Å². The van der Waals surface area contributed by atoms with Crippen LogP contribution in [-0.4, -0.2) is 11.9 Å². The lowest BCUT2D eigenvalue weighted by atomic mass is 9.66. The monoisotopic (exact) mass is 322 g/mol. The number of hydrogen-bond donors (Lipinski definition) is 0. The Morgan fingerprint density at radius 1 is 1.04 bits per heavy atom. The molecule has 0 aliphatic carbocycles. The number of allylic oxidation sites excluding steroid dienone is 1. The van der Waals surface area contributed by atoms with Crippen molar-refractivity contribution in [3.63, 3.8) is 0 Å². The van der Waals surface area contributed by atoms with Gasteiger partial charge in [0.1, 0.15) is 0 Å². The van der Waals surface area contributed by atoms with Gasteiger partial charge < -0.3 is 4.74 Å². The van der Waals surface area contributed by atoms with Gasteiger partial charge in [0.2, 0.25) is 0 Å². The summed E-state index contributed by atoms with van der Waals surface area (Å²) in [6.07, 6.45) is 5.34. The van der Waals surface area contributed by atoms with Crippen LogP contribution >= 0.6 is 0 Å². The first-order valence-electron chi connectivity index (χ1n) is 8.61. The summed E-state index contributed by atoms with van der Waals surface area (Å²) in [5.41, 5.74) is 1.91. The van der Waals surface area contributed by atoms with Crippen LogP contribution in [0.5, 0.6) is 0 Å². The van der Waals surface area contributed by atoms with Crippen LogP contribution in [0.3, 0.4) is 0 Å². The van der Waals surface area contributed by atoms with Crippen molar-refractivity contribution in [1.82, 2.24) is 0 Å². The van der Waals surface area contributed by atoms with Gasteiger partial charge in [0.05, 0.1) is 12.3 Å². The number of rotatable bonds is 6. The van der Waals surface area contributed by atoms with Crippen molar-refractivity contribution in [2.24, 2.45) is 22.2 Å². The second kappa shape index (κ2) is 6.78. The molecule has 1 aliphatic heterocycles. The lowest BCUT2D eigenvalue weighted by Gasteiger charge is -2.39. The van der Waals surface area contributed by atoms with Gasteiger partial charge in [-0.05, 0) is 42.4 Å². The van der Waals surface area contributed by atoms with Gasteiger partial charge in [-0.2, -0.15) is 0 Å². The molecule has 1 saturated heterocycles. The van der Waals surface area contributed by atoms with Crippen molar-refractivity contribution in [2.75, 3.05) is 0 Å². The summed E-state index contributed by atoms with van der Waals surface area (Å²) in [4.78, 5) is 22.8. The van der Waals surface area contributed by atoms with Crippen molar-refractivity contribution >= 4 is 11.9 Å². The molecule has 0 amide bonds. The maximum Gasteiger partial charge on any atom is 0.321 e. The molecule has 0 N–H and O–H groups in total. The first kappa shape index (κ1) is 19.9. The predicted octanol–water partition coefficient (Wildman–Crippen LogP) is 5.29. The standard InChI is InChI=1S/C20H34O3/c1-14(9-15-10-16(21)23-17(15)22)11-19(5,6)13-20(7,8)12-18(2,3)4/h9,15H,10-13H2,1-8H3/b14-9+. The molecule has 0 spiro atoms. The molecular weight excluding hydrogens is 288 g/mol. The second-order valence-corrected chi connectivity index (χ2v) is 10.0. The lowest BCUT2D eigenvalue weighted by Crippen LogP contribution is -2.27. The first-order valence-corrected chi connectivity index (χ1v) is 8.61. The fourth-order valence-corrected chi connectivity index (χ4v) is 4.63. The molecule has 3 nitrogen and oxygen atoms in total. The maximum absolute atomic E-state index is 11.6. The normalized spacial score (nSPS) is 20.9. The van der Waals surface area contributed by atoms with Crippen LogP contribution in [-0.2, 0) is 14.3 Å². The Kier molecular flexibility index (Phi) is 5.88. The van der Waals surface area contributed by atoms with Crippen LogP contribution in [0.4, 0.5) is 0 Å². The van der Waals surface area contributed by atoms with Crippen molar-refractivity contribution in [3.05, 3.63) is 11.6 Å². The Hall–Kier alpha value is -1.12. The van der Waals surface area contributed by atoms with Crippen LogP contribution in [0, 0.1) is 22.2 Å². The van der Waals surface area contributed by atoms with Gasteiger partial charge in [0, 0.05) is 0 Å². The maximum atomic E-state index is 11.6. The van der Waals surface area contributed by atoms with E-state index in [1.807, 2.05) is 6.08 Å². The van der Waals surface area contributed by atoms with Crippen LogP contribution in [0.2, 0.25) is 0 Å². The van der Waals surface area contributed by atoms with Gasteiger partial charge in [0.25, 0.3) is 0 Å². The third kappa shape index (κ3) is 7.32. The molecule has 1 atom stereocenters. The molecule has 0 aromatic carbocycles. The predicted molar refractivity (Wildman–Crippen MR) is 93.8 cm³/mol. The highest BCUT2D eigenvalue weighted by atomic mass is 16.6. The number of esters is 2. The number of carbonyl (C=O) groups is 2. The molecule has 0 aromatic rings. The number of carbonyl (C=O) groups excluding carboxylic acids is 2. The number of hydrogen-bond acceptors (Lipinski definition) is 3. The third-order valence-corrected chi connectivity index (χ3v) is 4.11.